The van der Waals surface area contributed by atoms with Gasteiger partial charge in [0, 0.05) is 54.6 Å². The molecule has 9 N–H and O–H groups in total. The van der Waals surface area contributed by atoms with Gasteiger partial charge in [-0.15, -0.1) is 29.1 Å². The van der Waals surface area contributed by atoms with Crippen LogP contribution in [0.4, 0.5) is 75.4 Å². The molecule has 42 heteroatoms. The molecule has 0 aliphatic rings. The monoisotopic (exact) mass is 2150 g/mol. The molecule has 0 radical (unpaired) electrons. The van der Waals surface area contributed by atoms with Crippen LogP contribution in [0.15, 0.2) is 193 Å². The summed E-state index contributed by atoms with van der Waals surface area (Å²) in [6, 6.07) is 40.0. The number of carboxylic acids is 1. The molecule has 0 saturated heterocycles. The Hall–Kier alpha value is -8.39. The second-order valence-corrected chi connectivity index (χ2v) is 34.4. The third-order valence-corrected chi connectivity index (χ3v) is 17.7. The molecule has 3 amide bonds. The van der Waals surface area contributed by atoms with E-state index < -0.39 is 99.9 Å². The zero-order chi connectivity index (χ0) is 85.4. The largest absolute Gasteiger partial charge is 1.00 e. The number of amides is 3. The molecular weight excluding hydrogens is 2080 g/mol. The molecule has 0 bridgehead atoms. The fraction of sp³-hybridized carbons (Fsp3) is 0.179. The number of benzene rings is 8. The van der Waals surface area contributed by atoms with Gasteiger partial charge in [0.05, 0.1) is 67.5 Å². The van der Waals surface area contributed by atoms with Gasteiger partial charge in [0.25, 0.3) is 17.7 Å². The van der Waals surface area contributed by atoms with Gasteiger partial charge in [0.15, 0.2) is 11.5 Å². The first kappa shape index (κ1) is 118. The van der Waals surface area contributed by atoms with Gasteiger partial charge >= 0.3 is 80.5 Å². The molecule has 0 unspecified atom stereocenters. The number of hydrogen-bond acceptors (Lipinski definition) is 18. The molecule has 120 heavy (non-hydrogen) atoms. The molecule has 0 saturated carbocycles. The first-order valence-electron chi connectivity index (χ1n) is 30.4. The first-order valence-corrected chi connectivity index (χ1v) is 41.7. The van der Waals surface area contributed by atoms with Crippen LogP contribution in [0.1, 0.15) is 127 Å². The van der Waals surface area contributed by atoms with Gasteiger partial charge in [-0.25, -0.2) is 13.2 Å². The molecule has 2 heterocycles. The zero-order valence-corrected chi connectivity index (χ0v) is 72.7. The predicted molar refractivity (Wildman–Crippen MR) is 468 cm³/mol. The maximum Gasteiger partial charge on any atom is 1.00 e. The third kappa shape index (κ3) is 44.4. The van der Waals surface area contributed by atoms with Crippen LogP contribution in [0.5, 0.6) is 23.0 Å². The minimum atomic E-state index is -4.58. The van der Waals surface area contributed by atoms with E-state index >= 15 is 0 Å². The van der Waals surface area contributed by atoms with Crippen molar-refractivity contribution in [1.82, 2.24) is 0 Å². The van der Waals surface area contributed by atoms with Crippen LogP contribution in [0.25, 0.3) is 0 Å². The van der Waals surface area contributed by atoms with Crippen molar-refractivity contribution < 1.29 is 156 Å². The van der Waals surface area contributed by atoms with E-state index in [0.29, 0.717) is 9.13 Å². The van der Waals surface area contributed by atoms with Crippen molar-refractivity contribution in [1.29, 1.82) is 0 Å². The maximum atomic E-state index is 12.9. The average Bonchev–Trinajstić information content (AvgIpc) is 0.914. The summed E-state index contributed by atoms with van der Waals surface area (Å²) in [5.74, 6) is 4.04. The van der Waals surface area contributed by atoms with Crippen LogP contribution in [0, 0.1) is 48.7 Å². The standard InChI is InChI=1S/C22H16F3NO4S2.C15H11F3INO4S.C14H9F3INO2.C7H6F3N.C7H5IO3.C7H6S.CH3ClO2S.5CH4.Na.H2O/c1-14-10-18(31-13-14)8-6-15-7-9-20(30-32(2,28)29)19(11-15)21(27)26-17-5-3-4-16(12-17)22(23,24)25;1-25(22,23)24-13-6-5-10(19)8-12(13)14(21)20-11-4-2-3-9(7-11)15(16,17)18;15-14(16,17)8-2-1-3-10(6-8)19-13(21)11-7-9(18)4-5-12(11)20;8-7(9,10)5-2-1-3-6(11)4-5;8-4-1-2-6(9)5(3-4)7(10)11;1-3-7-5-4-6(2)8-7;1-5(2,3)4;;;;;;;/h3-5,7,9-13H,1-2H3,(H,26,27);2-8H,1H3,(H,20,21);1-7,20H,(H,19,21);1-4H,11H2;1-3,9H,(H,10,11);1,4-5H,2H3;1H3;5*1H4;;1H2/q;;;;;;;;;;;;+1;/p-1. The van der Waals surface area contributed by atoms with Crippen molar-refractivity contribution in [2.45, 2.75) is 75.7 Å². The minimum absolute atomic E-state index is 0. The van der Waals surface area contributed by atoms with Crippen molar-refractivity contribution in [3.8, 4) is 47.2 Å². The number of carboxylic acid groups (broad SMARTS) is 1. The Morgan fingerprint density at radius 1 is 0.475 bits per heavy atom. The summed E-state index contributed by atoms with van der Waals surface area (Å²) in [7, 11) is -6.53. The number of alkyl halides is 12. The average molecular weight is 2150 g/mol. The van der Waals surface area contributed by atoms with E-state index in [1.54, 1.807) is 23.5 Å². The number of carbonyl (C=O) groups excluding carboxylic acids is 3. The molecule has 0 aliphatic carbocycles. The van der Waals surface area contributed by atoms with Crippen molar-refractivity contribution >= 4 is 177 Å². The van der Waals surface area contributed by atoms with E-state index in [2.05, 4.69) is 44.4 Å². The van der Waals surface area contributed by atoms with E-state index in [1.807, 2.05) is 105 Å². The Bertz CT molecular complexity index is 5540. The van der Waals surface area contributed by atoms with Crippen molar-refractivity contribution in [2.75, 3.05) is 40.5 Å². The van der Waals surface area contributed by atoms with Crippen LogP contribution in [0.2, 0.25) is 0 Å². The van der Waals surface area contributed by atoms with Crippen LogP contribution in [0.3, 0.4) is 0 Å². The Morgan fingerprint density at radius 3 is 1.13 bits per heavy atom. The van der Waals surface area contributed by atoms with Crippen molar-refractivity contribution in [3.63, 3.8) is 0 Å². The van der Waals surface area contributed by atoms with E-state index in [-0.39, 0.29) is 140 Å². The first-order chi connectivity index (χ1) is 52.1. The molecule has 0 atom stereocenters. The van der Waals surface area contributed by atoms with Gasteiger partial charge in [-0.3, -0.25) is 14.4 Å². The number of terminal acetylenes is 1. The summed E-state index contributed by atoms with van der Waals surface area (Å²) in [6.45, 7) is 3.97. The molecule has 10 rings (SSSR count). The number of aromatic hydroxyl groups is 2. The van der Waals surface area contributed by atoms with Gasteiger partial charge in [-0.1, -0.05) is 79.2 Å². The van der Waals surface area contributed by atoms with E-state index in [4.69, 9.17) is 30.7 Å². The smallest absolute Gasteiger partial charge is 0.870 e. The second-order valence-electron chi connectivity index (χ2n) is 22.3. The Balaban J connectivity index is -0.000000690. The van der Waals surface area contributed by atoms with Gasteiger partial charge in [-0.2, -0.15) is 69.5 Å². The normalized spacial score (nSPS) is 10.5. The maximum absolute atomic E-state index is 12.9. The molecule has 2 aromatic heterocycles. The van der Waals surface area contributed by atoms with Crippen LogP contribution < -0.4 is 59.6 Å². The van der Waals surface area contributed by atoms with Crippen molar-refractivity contribution in [2.24, 2.45) is 0 Å². The number of thiophene rings is 2. The van der Waals surface area contributed by atoms with Crippen LogP contribution >= 0.6 is 101 Å². The summed E-state index contributed by atoms with van der Waals surface area (Å²) in [4.78, 5) is 50.7. The Kier molecular flexibility index (Phi) is 51.3. The SMILES string of the molecule is C.C.C.C.C.C#Cc1ccc(C)s1.CS(=O)(=O)Cl.CS(=O)(=O)Oc1ccc(I)cc1C(=O)Nc1cccc(C(F)(F)F)c1.Cc1csc(C#Cc2ccc(OS(C)(=O)=O)c(C(=O)Nc3cccc(C(F)(F)F)c3)c2)c1.Nc1cccc(C(F)(F)F)c1.O=C(Nc1cccc(C(F)(F)F)c1)c1cc(I)ccc1O.O=C(O)c1cc(I)ccc1O.[Na+].[OH-]. The minimum Gasteiger partial charge on any atom is -0.870 e. The molecule has 0 spiro atoms. The summed E-state index contributed by atoms with van der Waals surface area (Å²) in [6.07, 6.45) is -10.2. The predicted octanol–water partition coefficient (Wildman–Crippen LogP) is 19.4. The number of anilines is 4. The van der Waals surface area contributed by atoms with Gasteiger partial charge in [-0.05, 0) is 256 Å². The third-order valence-electron chi connectivity index (χ3n) is 12.8. The number of nitrogens with two attached hydrogens (primary N) is 1. The van der Waals surface area contributed by atoms with Gasteiger partial charge in [0.1, 0.15) is 17.1 Å². The number of carbonyl (C=O) groups is 4. The molecule has 0 aliphatic heterocycles. The van der Waals surface area contributed by atoms with Crippen LogP contribution in [-0.2, 0) is 54.0 Å². The topological polar surface area (TPSA) is 342 Å². The Morgan fingerprint density at radius 2 is 0.817 bits per heavy atom. The molecular formula is C78H77ClF12I3N4NaO16S5. The Labute approximate surface area is 762 Å². The van der Waals surface area contributed by atoms with E-state index in [9.17, 15) is 102 Å². The number of nitrogens with one attached hydrogen (secondary N) is 3. The fourth-order valence-electron chi connectivity index (χ4n) is 8.08. The van der Waals surface area contributed by atoms with E-state index in [1.165, 1.54) is 113 Å². The molecule has 20 nitrogen and oxygen atoms in total. The molecule has 10 aromatic rings. The quantitative estimate of drug-likeness (QED) is 0.0120. The summed E-state index contributed by atoms with van der Waals surface area (Å²) < 4.78 is 227. The van der Waals surface area contributed by atoms with Crippen LogP contribution in [-0.4, -0.2) is 88.5 Å². The molecule has 8 aromatic carbocycles. The summed E-state index contributed by atoms with van der Waals surface area (Å²) in [5, 5.41) is 36.1. The summed E-state index contributed by atoms with van der Waals surface area (Å²) in [5.41, 5.74) is 2.76. The number of phenolic OH excluding ortho intramolecular Hbond substituents is 1. The van der Waals surface area contributed by atoms with Gasteiger partial charge in [0.2, 0.25) is 9.05 Å². The molecule has 0 fully saturated rings. The number of aryl methyl sites for hydroxylation is 2. The van der Waals surface area contributed by atoms with Crippen molar-refractivity contribution in [3.05, 3.63) is 274 Å². The number of rotatable bonds is 11. The zero-order valence-electron chi connectivity index (χ0n) is 59.4. The number of aromatic carboxylic acids is 1. The number of nitrogen functional groups attached to an aromatic ring is 1. The molecule has 648 valence electrons. The number of phenols is 2. The number of hydrogen-bond donors (Lipinski definition) is 7. The van der Waals surface area contributed by atoms with E-state index in [0.717, 1.165) is 102 Å². The fourth-order valence-corrected chi connectivity index (χ4v) is 11.9. The number of halogens is 16. The van der Waals surface area contributed by atoms with Gasteiger partial charge < -0.3 is 50.8 Å². The second kappa shape index (κ2) is 52.2. The summed E-state index contributed by atoms with van der Waals surface area (Å²) >= 11 is 8.95.